The van der Waals surface area contributed by atoms with Gasteiger partial charge in [0, 0.05) is 11.8 Å². The SMILES string of the molecule is CN(C)C(c1ccccn1)c1c(O)ccc2ccccc12. The molecule has 1 N–H and O–H groups in total. The molecule has 3 aromatic rings. The number of hydrogen-bond acceptors (Lipinski definition) is 3. The highest BCUT2D eigenvalue weighted by Crippen LogP contribution is 2.37. The molecule has 0 aliphatic carbocycles. The Labute approximate surface area is 124 Å². The summed E-state index contributed by atoms with van der Waals surface area (Å²) in [5, 5.41) is 12.6. The first-order valence-corrected chi connectivity index (χ1v) is 6.96. The molecule has 0 spiro atoms. The van der Waals surface area contributed by atoms with Gasteiger partial charge in [0.05, 0.1) is 11.7 Å². The van der Waals surface area contributed by atoms with Crippen LogP contribution in [0, 0.1) is 0 Å². The molecule has 0 aliphatic heterocycles. The molecule has 3 heteroatoms. The fourth-order valence-electron chi connectivity index (χ4n) is 2.78. The molecule has 0 radical (unpaired) electrons. The van der Waals surface area contributed by atoms with Crippen LogP contribution in [0.4, 0.5) is 0 Å². The minimum absolute atomic E-state index is 0.0858. The number of nitrogens with zero attached hydrogens (tertiary/aromatic N) is 2. The Kier molecular flexibility index (Phi) is 3.59. The third kappa shape index (κ3) is 2.48. The minimum atomic E-state index is -0.0858. The largest absolute Gasteiger partial charge is 0.508 e. The van der Waals surface area contributed by atoms with E-state index in [1.165, 1.54) is 0 Å². The maximum absolute atomic E-state index is 10.4. The number of fused-ring (bicyclic) bond motifs is 1. The lowest BCUT2D eigenvalue weighted by Crippen LogP contribution is -2.22. The number of pyridine rings is 1. The monoisotopic (exact) mass is 278 g/mol. The van der Waals surface area contributed by atoms with Crippen molar-refractivity contribution in [3.05, 3.63) is 72.1 Å². The topological polar surface area (TPSA) is 36.4 Å². The second kappa shape index (κ2) is 5.54. The van der Waals surface area contributed by atoms with E-state index >= 15 is 0 Å². The van der Waals surface area contributed by atoms with Crippen LogP contribution in [0.2, 0.25) is 0 Å². The molecule has 0 saturated heterocycles. The number of aromatic nitrogens is 1. The Bertz CT molecular complexity index is 754. The van der Waals surface area contributed by atoms with Gasteiger partial charge in [0.1, 0.15) is 5.75 Å². The van der Waals surface area contributed by atoms with E-state index in [9.17, 15) is 5.11 Å². The van der Waals surface area contributed by atoms with Crippen LogP contribution in [-0.2, 0) is 0 Å². The molecule has 1 aromatic heterocycles. The lowest BCUT2D eigenvalue weighted by Gasteiger charge is -2.26. The normalized spacial score (nSPS) is 12.7. The lowest BCUT2D eigenvalue weighted by molar-refractivity contribution is 0.328. The summed E-state index contributed by atoms with van der Waals surface area (Å²) in [6, 6.07) is 17.6. The molecule has 2 aromatic carbocycles. The zero-order valence-electron chi connectivity index (χ0n) is 12.2. The van der Waals surface area contributed by atoms with Crippen LogP contribution < -0.4 is 0 Å². The van der Waals surface area contributed by atoms with Gasteiger partial charge in [-0.25, -0.2) is 0 Å². The molecule has 1 heterocycles. The summed E-state index contributed by atoms with van der Waals surface area (Å²) in [6.07, 6.45) is 1.79. The summed E-state index contributed by atoms with van der Waals surface area (Å²) in [5.41, 5.74) is 1.82. The molecule has 0 bridgehead atoms. The highest BCUT2D eigenvalue weighted by molar-refractivity contribution is 5.88. The van der Waals surface area contributed by atoms with Crippen molar-refractivity contribution >= 4 is 10.8 Å². The van der Waals surface area contributed by atoms with Crippen LogP contribution in [-0.4, -0.2) is 29.1 Å². The van der Waals surface area contributed by atoms with Crippen LogP contribution in [0.25, 0.3) is 10.8 Å². The van der Waals surface area contributed by atoms with Gasteiger partial charge in [-0.05, 0) is 43.1 Å². The van der Waals surface area contributed by atoms with Crippen LogP contribution in [0.15, 0.2) is 60.8 Å². The Morgan fingerprint density at radius 2 is 1.71 bits per heavy atom. The van der Waals surface area contributed by atoms with Crippen LogP contribution in [0.1, 0.15) is 17.3 Å². The van der Waals surface area contributed by atoms with Gasteiger partial charge in [0.2, 0.25) is 0 Å². The highest BCUT2D eigenvalue weighted by Gasteiger charge is 2.23. The predicted molar refractivity (Wildman–Crippen MR) is 85.4 cm³/mol. The minimum Gasteiger partial charge on any atom is -0.508 e. The highest BCUT2D eigenvalue weighted by atomic mass is 16.3. The standard InChI is InChI=1S/C18H18N2O/c1-20(2)18(15-9-5-6-12-19-15)17-14-8-4-3-7-13(14)10-11-16(17)21/h3-12,18,21H,1-2H3. The van der Waals surface area contributed by atoms with Gasteiger partial charge in [0.25, 0.3) is 0 Å². The van der Waals surface area contributed by atoms with Crippen LogP contribution in [0.3, 0.4) is 0 Å². The van der Waals surface area contributed by atoms with Gasteiger partial charge in [-0.2, -0.15) is 0 Å². The summed E-state index contributed by atoms with van der Waals surface area (Å²) in [5.74, 6) is 0.304. The van der Waals surface area contributed by atoms with E-state index < -0.39 is 0 Å². The molecule has 3 rings (SSSR count). The number of rotatable bonds is 3. The summed E-state index contributed by atoms with van der Waals surface area (Å²) in [6.45, 7) is 0. The van der Waals surface area contributed by atoms with Crippen molar-refractivity contribution in [2.24, 2.45) is 0 Å². The molecule has 1 unspecified atom stereocenters. The smallest absolute Gasteiger partial charge is 0.121 e. The summed E-state index contributed by atoms with van der Waals surface area (Å²) >= 11 is 0. The van der Waals surface area contributed by atoms with Crippen molar-refractivity contribution in [1.82, 2.24) is 9.88 Å². The molecule has 0 aliphatic rings. The molecule has 21 heavy (non-hydrogen) atoms. The molecule has 3 nitrogen and oxygen atoms in total. The van der Waals surface area contributed by atoms with Gasteiger partial charge in [-0.15, -0.1) is 0 Å². The summed E-state index contributed by atoms with van der Waals surface area (Å²) in [4.78, 5) is 6.55. The average Bonchev–Trinajstić information content (AvgIpc) is 2.51. The Morgan fingerprint density at radius 1 is 0.952 bits per heavy atom. The second-order valence-corrected chi connectivity index (χ2v) is 5.34. The van der Waals surface area contributed by atoms with Crippen molar-refractivity contribution < 1.29 is 5.11 Å². The van der Waals surface area contributed by atoms with Crippen molar-refractivity contribution in [2.45, 2.75) is 6.04 Å². The Balaban J connectivity index is 2.28. The number of phenols is 1. The molecule has 0 fully saturated rings. The Morgan fingerprint density at radius 3 is 2.43 bits per heavy atom. The molecule has 1 atom stereocenters. The zero-order chi connectivity index (χ0) is 14.8. The first-order chi connectivity index (χ1) is 10.2. The fourth-order valence-corrected chi connectivity index (χ4v) is 2.78. The summed E-state index contributed by atoms with van der Waals surface area (Å²) < 4.78 is 0. The number of aromatic hydroxyl groups is 1. The number of benzene rings is 2. The Hall–Kier alpha value is -2.39. The van der Waals surface area contributed by atoms with Gasteiger partial charge in [-0.3, -0.25) is 9.88 Å². The van der Waals surface area contributed by atoms with Gasteiger partial charge >= 0.3 is 0 Å². The van der Waals surface area contributed by atoms with Gasteiger partial charge in [-0.1, -0.05) is 36.4 Å². The molecule has 0 saturated carbocycles. The van der Waals surface area contributed by atoms with Crippen LogP contribution in [0.5, 0.6) is 5.75 Å². The van der Waals surface area contributed by atoms with E-state index in [1.807, 2.05) is 56.6 Å². The summed E-state index contributed by atoms with van der Waals surface area (Å²) in [7, 11) is 4.00. The zero-order valence-corrected chi connectivity index (χ0v) is 12.2. The molecule has 106 valence electrons. The van der Waals surface area contributed by atoms with E-state index in [4.69, 9.17) is 0 Å². The third-order valence-corrected chi connectivity index (χ3v) is 3.71. The van der Waals surface area contributed by atoms with Gasteiger partial charge < -0.3 is 5.11 Å². The average molecular weight is 278 g/mol. The third-order valence-electron chi connectivity index (χ3n) is 3.71. The second-order valence-electron chi connectivity index (χ2n) is 5.34. The lowest BCUT2D eigenvalue weighted by atomic mass is 9.94. The molecule has 0 amide bonds. The number of phenolic OH excluding ortho intramolecular Hbond substituents is 1. The van der Waals surface area contributed by atoms with Crippen molar-refractivity contribution in [3.8, 4) is 5.75 Å². The van der Waals surface area contributed by atoms with Crippen molar-refractivity contribution in [1.29, 1.82) is 0 Å². The van der Waals surface area contributed by atoms with E-state index in [2.05, 4.69) is 16.0 Å². The molecular formula is C18H18N2O. The first kappa shape index (κ1) is 13.6. The predicted octanol–water partition coefficient (Wildman–Crippen LogP) is 3.59. The van der Waals surface area contributed by atoms with E-state index in [0.717, 1.165) is 22.0 Å². The van der Waals surface area contributed by atoms with E-state index in [1.54, 1.807) is 12.3 Å². The quantitative estimate of drug-likeness (QED) is 0.795. The maximum Gasteiger partial charge on any atom is 0.121 e. The molecular weight excluding hydrogens is 260 g/mol. The van der Waals surface area contributed by atoms with Gasteiger partial charge in [0.15, 0.2) is 0 Å². The fraction of sp³-hybridized carbons (Fsp3) is 0.167. The van der Waals surface area contributed by atoms with Crippen molar-refractivity contribution in [3.63, 3.8) is 0 Å². The number of hydrogen-bond donors (Lipinski definition) is 1. The first-order valence-electron chi connectivity index (χ1n) is 6.96. The van der Waals surface area contributed by atoms with E-state index in [0.29, 0.717) is 5.75 Å². The maximum atomic E-state index is 10.4. The van der Waals surface area contributed by atoms with Crippen LogP contribution >= 0.6 is 0 Å². The van der Waals surface area contributed by atoms with E-state index in [-0.39, 0.29) is 6.04 Å². The van der Waals surface area contributed by atoms with Crippen molar-refractivity contribution in [2.75, 3.05) is 14.1 Å².